The van der Waals surface area contributed by atoms with Crippen LogP contribution in [0, 0.1) is 12.7 Å². The molecule has 0 fully saturated rings. The summed E-state index contributed by atoms with van der Waals surface area (Å²) in [7, 11) is 0. The van der Waals surface area contributed by atoms with Crippen LogP contribution in [-0.4, -0.2) is 29.1 Å². The molecule has 0 radical (unpaired) electrons. The highest BCUT2D eigenvalue weighted by Gasteiger charge is 2.11. The molecule has 0 saturated heterocycles. The van der Waals surface area contributed by atoms with Gasteiger partial charge in [-0.15, -0.1) is 0 Å². The van der Waals surface area contributed by atoms with Gasteiger partial charge in [0.2, 0.25) is 5.95 Å². The summed E-state index contributed by atoms with van der Waals surface area (Å²) in [4.78, 5) is 31.1. The first-order valence-corrected chi connectivity index (χ1v) is 9.90. The van der Waals surface area contributed by atoms with Gasteiger partial charge in [-0.1, -0.05) is 29.8 Å². The van der Waals surface area contributed by atoms with Crippen molar-refractivity contribution in [1.29, 1.82) is 0 Å². The van der Waals surface area contributed by atoms with E-state index in [0.29, 0.717) is 36.4 Å². The van der Waals surface area contributed by atoms with Crippen molar-refractivity contribution in [3.8, 4) is 11.1 Å². The van der Waals surface area contributed by atoms with Gasteiger partial charge in [-0.2, -0.15) is 4.98 Å². The van der Waals surface area contributed by atoms with Crippen molar-refractivity contribution in [3.05, 3.63) is 76.0 Å². The molecule has 3 rings (SSSR count). The van der Waals surface area contributed by atoms with Crippen LogP contribution in [-0.2, 0) is 6.54 Å². The van der Waals surface area contributed by atoms with Crippen LogP contribution in [0.25, 0.3) is 11.1 Å². The Morgan fingerprint density at radius 3 is 2.61 bits per heavy atom. The molecule has 9 heteroatoms. The standard InChI is InChI=1S/C22H25FN6O2/c1-14-3-7-17(8-4-14)27-22(31)29-21-26-13-18(20(30)28-21)15-5-6-16(19(23)11-15)12-25-10-2-9-24/h3-8,11,13,25H,2,9-10,12,24H2,1H3,(H3,26,27,28,29,30,31). The number of urea groups is 1. The van der Waals surface area contributed by atoms with Gasteiger partial charge < -0.3 is 21.4 Å². The molecule has 1 aromatic heterocycles. The number of aryl methyl sites for hydroxylation is 1. The second kappa shape index (κ2) is 10.5. The number of nitrogens with zero attached hydrogens (tertiary/aromatic N) is 1. The Morgan fingerprint density at radius 2 is 1.94 bits per heavy atom. The van der Waals surface area contributed by atoms with E-state index in [-0.39, 0.29) is 11.5 Å². The minimum absolute atomic E-state index is 0.0143. The predicted octanol–water partition coefficient (Wildman–Crippen LogP) is 2.97. The lowest BCUT2D eigenvalue weighted by Crippen LogP contribution is -2.23. The Labute approximate surface area is 179 Å². The summed E-state index contributed by atoms with van der Waals surface area (Å²) in [6, 6.07) is 11.3. The number of hydrogen-bond donors (Lipinski definition) is 5. The fourth-order valence-electron chi connectivity index (χ4n) is 2.88. The number of nitrogens with one attached hydrogen (secondary N) is 4. The summed E-state index contributed by atoms with van der Waals surface area (Å²) in [5.74, 6) is -0.434. The summed E-state index contributed by atoms with van der Waals surface area (Å²) in [5.41, 5.74) is 7.62. The number of benzene rings is 2. The van der Waals surface area contributed by atoms with E-state index in [1.54, 1.807) is 24.3 Å². The number of H-pyrrole nitrogens is 1. The lowest BCUT2D eigenvalue weighted by molar-refractivity contribution is 0.262. The minimum atomic E-state index is -0.586. The molecule has 0 spiro atoms. The van der Waals surface area contributed by atoms with E-state index < -0.39 is 17.4 Å². The van der Waals surface area contributed by atoms with Crippen LogP contribution in [0.5, 0.6) is 0 Å². The average molecular weight is 424 g/mol. The van der Waals surface area contributed by atoms with Crippen molar-refractivity contribution >= 4 is 17.7 Å². The molecule has 1 heterocycles. The molecule has 8 nitrogen and oxygen atoms in total. The molecular formula is C22H25FN6O2. The van der Waals surface area contributed by atoms with Crippen LogP contribution < -0.4 is 27.2 Å². The van der Waals surface area contributed by atoms with E-state index in [0.717, 1.165) is 12.0 Å². The molecule has 3 aromatic rings. The fraction of sp³-hybridized carbons (Fsp3) is 0.227. The van der Waals surface area contributed by atoms with Gasteiger partial charge in [0.05, 0.1) is 5.56 Å². The molecule has 0 aliphatic rings. The number of aromatic nitrogens is 2. The number of carbonyl (C=O) groups is 1. The highest BCUT2D eigenvalue weighted by atomic mass is 19.1. The third kappa shape index (κ3) is 6.21. The van der Waals surface area contributed by atoms with E-state index in [1.807, 2.05) is 19.1 Å². The van der Waals surface area contributed by atoms with Crippen molar-refractivity contribution in [2.24, 2.45) is 5.73 Å². The molecule has 0 aliphatic heterocycles. The number of anilines is 2. The average Bonchev–Trinajstić information content (AvgIpc) is 2.74. The van der Waals surface area contributed by atoms with E-state index in [2.05, 4.69) is 25.9 Å². The first-order chi connectivity index (χ1) is 15.0. The maximum Gasteiger partial charge on any atom is 0.326 e. The van der Waals surface area contributed by atoms with Crippen LogP contribution in [0.3, 0.4) is 0 Å². The Kier molecular flexibility index (Phi) is 7.47. The summed E-state index contributed by atoms with van der Waals surface area (Å²) in [6.07, 6.45) is 2.20. The molecule has 162 valence electrons. The maximum atomic E-state index is 14.4. The van der Waals surface area contributed by atoms with E-state index >= 15 is 0 Å². The number of hydrogen-bond acceptors (Lipinski definition) is 5. The zero-order chi connectivity index (χ0) is 22.2. The summed E-state index contributed by atoms with van der Waals surface area (Å²) < 4.78 is 14.4. The molecule has 0 saturated carbocycles. The first kappa shape index (κ1) is 22.1. The predicted molar refractivity (Wildman–Crippen MR) is 119 cm³/mol. The van der Waals surface area contributed by atoms with Crippen molar-refractivity contribution in [1.82, 2.24) is 15.3 Å². The van der Waals surface area contributed by atoms with Crippen LogP contribution in [0.2, 0.25) is 0 Å². The Bertz CT molecular complexity index is 1100. The van der Waals surface area contributed by atoms with Gasteiger partial charge in [-0.3, -0.25) is 10.1 Å². The molecule has 0 aliphatic carbocycles. The number of halogens is 1. The van der Waals surface area contributed by atoms with Crippen LogP contribution >= 0.6 is 0 Å². The number of nitrogens with two attached hydrogens (primary N) is 1. The molecule has 31 heavy (non-hydrogen) atoms. The van der Waals surface area contributed by atoms with Gasteiger partial charge in [0, 0.05) is 24.0 Å². The first-order valence-electron chi connectivity index (χ1n) is 9.90. The van der Waals surface area contributed by atoms with Gasteiger partial charge in [-0.25, -0.2) is 9.18 Å². The zero-order valence-corrected chi connectivity index (χ0v) is 17.2. The van der Waals surface area contributed by atoms with Crippen molar-refractivity contribution < 1.29 is 9.18 Å². The lowest BCUT2D eigenvalue weighted by Gasteiger charge is -2.09. The summed E-state index contributed by atoms with van der Waals surface area (Å²) >= 11 is 0. The number of amides is 2. The van der Waals surface area contributed by atoms with Crippen LogP contribution in [0.15, 0.2) is 53.5 Å². The van der Waals surface area contributed by atoms with Gasteiger partial charge in [0.1, 0.15) is 5.82 Å². The van der Waals surface area contributed by atoms with Crippen LogP contribution in [0.1, 0.15) is 17.5 Å². The normalized spacial score (nSPS) is 10.7. The highest BCUT2D eigenvalue weighted by Crippen LogP contribution is 2.19. The highest BCUT2D eigenvalue weighted by molar-refractivity contribution is 5.98. The van der Waals surface area contributed by atoms with Crippen molar-refractivity contribution in [2.75, 3.05) is 23.7 Å². The third-order valence-electron chi connectivity index (χ3n) is 4.58. The van der Waals surface area contributed by atoms with Gasteiger partial charge in [0.15, 0.2) is 0 Å². The third-order valence-corrected chi connectivity index (χ3v) is 4.58. The van der Waals surface area contributed by atoms with E-state index in [4.69, 9.17) is 5.73 Å². The minimum Gasteiger partial charge on any atom is -0.331 e. The molecule has 0 atom stereocenters. The molecule has 0 bridgehead atoms. The maximum absolute atomic E-state index is 14.4. The Morgan fingerprint density at radius 1 is 1.16 bits per heavy atom. The van der Waals surface area contributed by atoms with Gasteiger partial charge >= 0.3 is 6.03 Å². The van der Waals surface area contributed by atoms with Crippen LogP contribution in [0.4, 0.5) is 20.8 Å². The van der Waals surface area contributed by atoms with Crippen molar-refractivity contribution in [3.63, 3.8) is 0 Å². The van der Waals surface area contributed by atoms with E-state index in [1.165, 1.54) is 12.3 Å². The molecule has 2 aromatic carbocycles. The number of carbonyl (C=O) groups excluding carboxylic acids is 1. The zero-order valence-electron chi connectivity index (χ0n) is 17.2. The largest absolute Gasteiger partial charge is 0.331 e. The smallest absolute Gasteiger partial charge is 0.326 e. The van der Waals surface area contributed by atoms with Crippen molar-refractivity contribution in [2.45, 2.75) is 19.9 Å². The second-order valence-corrected chi connectivity index (χ2v) is 7.04. The fourth-order valence-corrected chi connectivity index (χ4v) is 2.88. The summed E-state index contributed by atoms with van der Waals surface area (Å²) in [6.45, 7) is 3.59. The monoisotopic (exact) mass is 424 g/mol. The van der Waals surface area contributed by atoms with Gasteiger partial charge in [-0.05, 0) is 50.2 Å². The molecule has 0 unspecified atom stereocenters. The number of rotatable bonds is 8. The lowest BCUT2D eigenvalue weighted by atomic mass is 10.1. The molecule has 6 N–H and O–H groups in total. The van der Waals surface area contributed by atoms with Gasteiger partial charge in [0.25, 0.3) is 5.56 Å². The summed E-state index contributed by atoms with van der Waals surface area (Å²) in [5, 5.41) is 8.23. The molecular weight excluding hydrogens is 399 g/mol. The Balaban J connectivity index is 1.66. The Hall–Kier alpha value is -3.56. The van der Waals surface area contributed by atoms with E-state index in [9.17, 15) is 14.0 Å². The topological polar surface area (TPSA) is 125 Å². The molecule has 2 amide bonds. The quantitative estimate of drug-likeness (QED) is 0.356. The second-order valence-electron chi connectivity index (χ2n) is 7.04. The SMILES string of the molecule is Cc1ccc(NC(=O)Nc2nc(=O)c(-c3ccc(CNCCCN)c(F)c3)c[nH]2)cc1. The number of aromatic amines is 1.